The fraction of sp³-hybridized carbons (Fsp3) is 0.571. The van der Waals surface area contributed by atoms with E-state index in [1.54, 1.807) is 0 Å². The third-order valence-corrected chi connectivity index (χ3v) is 1.32. The molecule has 80 valence electrons. The van der Waals surface area contributed by atoms with Crippen molar-refractivity contribution in [1.82, 2.24) is 16.2 Å². The number of rotatable bonds is 4. The van der Waals surface area contributed by atoms with Crippen LogP contribution in [0.5, 0.6) is 0 Å². The Labute approximate surface area is 80.8 Å². The van der Waals surface area contributed by atoms with Crippen LogP contribution in [0.4, 0.5) is 0 Å². The van der Waals surface area contributed by atoms with Gasteiger partial charge in [0.05, 0.1) is 6.54 Å². The van der Waals surface area contributed by atoms with Gasteiger partial charge in [-0.1, -0.05) is 0 Å². The molecule has 0 bridgehead atoms. The molecule has 0 aromatic rings. The van der Waals surface area contributed by atoms with Gasteiger partial charge in [-0.2, -0.15) is 0 Å². The zero-order chi connectivity index (χ0) is 11.1. The number of carbonyl (C=O) groups is 3. The number of amides is 2. The Morgan fingerprint density at radius 2 is 1.86 bits per heavy atom. The molecule has 1 atom stereocenters. The molecule has 0 aliphatic heterocycles. The van der Waals surface area contributed by atoms with E-state index in [0.717, 1.165) is 0 Å². The minimum atomic E-state index is -1.04. The first-order valence-corrected chi connectivity index (χ1v) is 3.95. The monoisotopic (exact) mass is 203 g/mol. The Bertz CT molecular complexity index is 241. The quantitative estimate of drug-likeness (QED) is 0.404. The molecule has 0 aliphatic rings. The lowest BCUT2D eigenvalue weighted by Crippen LogP contribution is -2.47. The van der Waals surface area contributed by atoms with Gasteiger partial charge >= 0.3 is 5.97 Å². The molecule has 1 unspecified atom stereocenters. The summed E-state index contributed by atoms with van der Waals surface area (Å²) in [6, 6.07) is -0.807. The van der Waals surface area contributed by atoms with Crippen LogP contribution in [0, 0.1) is 0 Å². The highest BCUT2D eigenvalue weighted by atomic mass is 16.4. The van der Waals surface area contributed by atoms with Gasteiger partial charge < -0.3 is 5.11 Å². The molecule has 0 radical (unpaired) electrons. The van der Waals surface area contributed by atoms with Gasteiger partial charge in [-0.3, -0.25) is 30.6 Å². The highest BCUT2D eigenvalue weighted by molar-refractivity contribution is 5.82. The Hall–Kier alpha value is -1.63. The van der Waals surface area contributed by atoms with Crippen molar-refractivity contribution >= 4 is 17.8 Å². The second kappa shape index (κ2) is 5.92. The van der Waals surface area contributed by atoms with E-state index in [2.05, 4.69) is 16.2 Å². The third kappa shape index (κ3) is 5.95. The smallest absolute Gasteiger partial charge is 0.320 e. The zero-order valence-corrected chi connectivity index (χ0v) is 7.96. The SMILES string of the molecule is CC(=O)NNC(=O)CNC(C)C(=O)O. The topological polar surface area (TPSA) is 108 Å². The van der Waals surface area contributed by atoms with E-state index < -0.39 is 23.8 Å². The number of hydrogen-bond acceptors (Lipinski definition) is 4. The summed E-state index contributed by atoms with van der Waals surface area (Å²) in [5, 5.41) is 10.9. The fourth-order valence-electron chi connectivity index (χ4n) is 0.535. The lowest BCUT2D eigenvalue weighted by atomic mass is 10.3. The largest absolute Gasteiger partial charge is 0.480 e. The van der Waals surface area contributed by atoms with Crippen LogP contribution in [-0.4, -0.2) is 35.5 Å². The fourth-order valence-corrected chi connectivity index (χ4v) is 0.535. The summed E-state index contributed by atoms with van der Waals surface area (Å²) in [6.07, 6.45) is 0. The summed E-state index contributed by atoms with van der Waals surface area (Å²) >= 11 is 0. The first-order chi connectivity index (χ1) is 6.43. The standard InChI is InChI=1S/C7H13N3O4/c1-4(7(13)14)8-3-6(12)10-9-5(2)11/h4,8H,3H2,1-2H3,(H,9,11)(H,10,12)(H,13,14). The number of nitrogens with one attached hydrogen (secondary N) is 3. The van der Waals surface area contributed by atoms with Gasteiger partial charge in [-0.05, 0) is 6.92 Å². The van der Waals surface area contributed by atoms with Gasteiger partial charge in [0.2, 0.25) is 5.91 Å². The van der Waals surface area contributed by atoms with Gasteiger partial charge in [-0.25, -0.2) is 0 Å². The van der Waals surface area contributed by atoms with Crippen LogP contribution in [0.2, 0.25) is 0 Å². The Balaban J connectivity index is 3.64. The Morgan fingerprint density at radius 1 is 1.29 bits per heavy atom. The van der Waals surface area contributed by atoms with E-state index in [9.17, 15) is 14.4 Å². The highest BCUT2D eigenvalue weighted by Gasteiger charge is 2.11. The molecule has 0 spiro atoms. The molecule has 0 aliphatic carbocycles. The van der Waals surface area contributed by atoms with E-state index in [4.69, 9.17) is 5.11 Å². The van der Waals surface area contributed by atoms with E-state index in [1.165, 1.54) is 13.8 Å². The van der Waals surface area contributed by atoms with Crippen molar-refractivity contribution in [3.63, 3.8) is 0 Å². The normalized spacial score (nSPS) is 11.6. The van der Waals surface area contributed by atoms with Crippen molar-refractivity contribution in [2.45, 2.75) is 19.9 Å². The van der Waals surface area contributed by atoms with Gasteiger partial charge in [-0.15, -0.1) is 0 Å². The molecule has 0 saturated heterocycles. The van der Waals surface area contributed by atoms with Gasteiger partial charge in [0.15, 0.2) is 0 Å². The Kier molecular flexibility index (Phi) is 5.23. The predicted octanol–water partition coefficient (Wildman–Crippen LogP) is -1.78. The first-order valence-electron chi connectivity index (χ1n) is 3.95. The third-order valence-electron chi connectivity index (χ3n) is 1.32. The molecule has 4 N–H and O–H groups in total. The van der Waals surface area contributed by atoms with E-state index >= 15 is 0 Å². The number of hydrazine groups is 1. The summed E-state index contributed by atoms with van der Waals surface area (Å²) in [5.74, 6) is -1.95. The molecule has 7 nitrogen and oxygen atoms in total. The highest BCUT2D eigenvalue weighted by Crippen LogP contribution is 1.78. The predicted molar refractivity (Wildman–Crippen MR) is 47.1 cm³/mol. The first kappa shape index (κ1) is 12.4. The summed E-state index contributed by atoms with van der Waals surface area (Å²) < 4.78 is 0. The molecule has 0 fully saturated rings. The number of aliphatic carboxylic acids is 1. The van der Waals surface area contributed by atoms with Crippen LogP contribution >= 0.6 is 0 Å². The van der Waals surface area contributed by atoms with Crippen molar-refractivity contribution in [1.29, 1.82) is 0 Å². The molecule has 0 heterocycles. The minimum absolute atomic E-state index is 0.173. The molecule has 0 aromatic heterocycles. The zero-order valence-electron chi connectivity index (χ0n) is 7.96. The molecule has 14 heavy (non-hydrogen) atoms. The second-order valence-corrected chi connectivity index (χ2v) is 2.67. The summed E-state index contributed by atoms with van der Waals surface area (Å²) in [6.45, 7) is 2.48. The van der Waals surface area contributed by atoms with Crippen molar-refractivity contribution in [3.8, 4) is 0 Å². The molecule has 0 saturated carbocycles. The summed E-state index contributed by atoms with van der Waals surface area (Å²) in [7, 11) is 0. The van der Waals surface area contributed by atoms with Crippen molar-refractivity contribution in [2.24, 2.45) is 0 Å². The Morgan fingerprint density at radius 3 is 2.29 bits per heavy atom. The molecule has 0 rings (SSSR count). The summed E-state index contributed by atoms with van der Waals surface area (Å²) in [5.41, 5.74) is 4.15. The molecule has 2 amide bonds. The van der Waals surface area contributed by atoms with Gasteiger partial charge in [0.25, 0.3) is 5.91 Å². The van der Waals surface area contributed by atoms with Crippen molar-refractivity contribution in [2.75, 3.05) is 6.54 Å². The maximum absolute atomic E-state index is 10.9. The van der Waals surface area contributed by atoms with Crippen LogP contribution in [0.3, 0.4) is 0 Å². The van der Waals surface area contributed by atoms with Gasteiger partial charge in [0.1, 0.15) is 6.04 Å². The lowest BCUT2D eigenvalue weighted by Gasteiger charge is -2.09. The summed E-state index contributed by atoms with van der Waals surface area (Å²) in [4.78, 5) is 31.6. The number of carboxylic acids is 1. The van der Waals surface area contributed by atoms with Crippen molar-refractivity contribution in [3.05, 3.63) is 0 Å². The van der Waals surface area contributed by atoms with E-state index in [-0.39, 0.29) is 6.54 Å². The minimum Gasteiger partial charge on any atom is -0.480 e. The van der Waals surface area contributed by atoms with E-state index in [1.807, 2.05) is 0 Å². The average Bonchev–Trinajstić information content (AvgIpc) is 2.10. The molecule has 0 aromatic carbocycles. The second-order valence-electron chi connectivity index (χ2n) is 2.67. The van der Waals surface area contributed by atoms with Gasteiger partial charge in [0, 0.05) is 6.92 Å². The molecule has 7 heteroatoms. The number of carboxylic acid groups (broad SMARTS) is 1. The maximum atomic E-state index is 10.9. The molecular weight excluding hydrogens is 190 g/mol. The number of hydrogen-bond donors (Lipinski definition) is 4. The van der Waals surface area contributed by atoms with Crippen LogP contribution in [0.25, 0.3) is 0 Å². The van der Waals surface area contributed by atoms with Crippen molar-refractivity contribution < 1.29 is 19.5 Å². The van der Waals surface area contributed by atoms with E-state index in [0.29, 0.717) is 0 Å². The average molecular weight is 203 g/mol. The van der Waals surface area contributed by atoms with Crippen LogP contribution < -0.4 is 16.2 Å². The van der Waals surface area contributed by atoms with Crippen LogP contribution in [0.1, 0.15) is 13.8 Å². The maximum Gasteiger partial charge on any atom is 0.320 e. The lowest BCUT2D eigenvalue weighted by molar-refractivity contribution is -0.139. The van der Waals surface area contributed by atoms with Crippen LogP contribution in [0.15, 0.2) is 0 Å². The van der Waals surface area contributed by atoms with Crippen LogP contribution in [-0.2, 0) is 14.4 Å². The number of carbonyl (C=O) groups excluding carboxylic acids is 2. The molecular formula is C7H13N3O4.